The molecule has 5 nitrogen and oxygen atoms in total. The van der Waals surface area contributed by atoms with Crippen LogP contribution in [-0.4, -0.2) is 18.2 Å². The first kappa shape index (κ1) is 15.9. The number of benzene rings is 1. The summed E-state index contributed by atoms with van der Waals surface area (Å²) in [5.74, 6) is 0.297. The smallest absolute Gasteiger partial charge is 0.343 e. The molecule has 3 atom stereocenters. The largest absolute Gasteiger partial charge is 0.488 e. The van der Waals surface area contributed by atoms with Gasteiger partial charge in [-0.05, 0) is 38.5 Å². The van der Waals surface area contributed by atoms with E-state index >= 15 is 0 Å². The molecule has 0 unspecified atom stereocenters. The van der Waals surface area contributed by atoms with Crippen molar-refractivity contribution < 1.29 is 18.7 Å². The molecule has 2 aromatic rings. The van der Waals surface area contributed by atoms with Gasteiger partial charge >= 0.3 is 11.6 Å². The van der Waals surface area contributed by atoms with Crippen molar-refractivity contribution in [2.45, 2.75) is 51.7 Å². The van der Waals surface area contributed by atoms with E-state index in [1.54, 1.807) is 13.0 Å². The molecule has 0 N–H and O–H groups in total. The third-order valence-electron chi connectivity index (χ3n) is 5.50. The summed E-state index contributed by atoms with van der Waals surface area (Å²) in [5, 5.41) is 0.836. The summed E-state index contributed by atoms with van der Waals surface area (Å²) in [6, 6.07) is 5.60. The molecule has 5 heteroatoms. The van der Waals surface area contributed by atoms with Gasteiger partial charge in [0.05, 0.1) is 10.9 Å². The first-order chi connectivity index (χ1) is 11.8. The Hall–Kier alpha value is -2.56. The van der Waals surface area contributed by atoms with Crippen molar-refractivity contribution in [1.82, 2.24) is 0 Å². The zero-order chi connectivity index (χ0) is 17.9. The lowest BCUT2D eigenvalue weighted by atomic mass is 9.75. The molecule has 0 saturated carbocycles. The summed E-state index contributed by atoms with van der Waals surface area (Å²) in [7, 11) is 0. The zero-order valence-corrected chi connectivity index (χ0v) is 14.7. The van der Waals surface area contributed by atoms with Gasteiger partial charge in [0.25, 0.3) is 0 Å². The van der Waals surface area contributed by atoms with Gasteiger partial charge in [-0.15, -0.1) is 0 Å². The van der Waals surface area contributed by atoms with E-state index in [0.717, 1.165) is 10.9 Å². The third kappa shape index (κ3) is 2.22. The molecule has 0 bridgehead atoms. The lowest BCUT2D eigenvalue weighted by molar-refractivity contribution is -0.140. The van der Waals surface area contributed by atoms with Crippen molar-refractivity contribution in [3.8, 4) is 5.75 Å². The summed E-state index contributed by atoms with van der Waals surface area (Å²) in [6.45, 7) is 7.62. The van der Waals surface area contributed by atoms with Crippen molar-refractivity contribution >= 4 is 16.9 Å². The molecule has 25 heavy (non-hydrogen) atoms. The summed E-state index contributed by atoms with van der Waals surface area (Å²) < 4.78 is 17.1. The van der Waals surface area contributed by atoms with Gasteiger partial charge in [-0.2, -0.15) is 0 Å². The van der Waals surface area contributed by atoms with Gasteiger partial charge in [-0.25, -0.2) is 9.59 Å². The molecule has 0 radical (unpaired) electrons. The average molecular weight is 340 g/mol. The number of hydrogen-bond acceptors (Lipinski definition) is 5. The Balaban J connectivity index is 1.87. The molecule has 0 amide bonds. The molecule has 1 aromatic carbocycles. The highest BCUT2D eigenvalue weighted by Crippen LogP contribution is 2.48. The van der Waals surface area contributed by atoms with Crippen molar-refractivity contribution in [3.05, 3.63) is 51.4 Å². The third-order valence-corrected chi connectivity index (χ3v) is 5.50. The van der Waals surface area contributed by atoms with Crippen molar-refractivity contribution in [1.29, 1.82) is 0 Å². The lowest BCUT2D eigenvalue weighted by Gasteiger charge is -2.28. The van der Waals surface area contributed by atoms with E-state index in [0.29, 0.717) is 28.9 Å². The van der Waals surface area contributed by atoms with E-state index in [-0.39, 0.29) is 23.8 Å². The zero-order valence-electron chi connectivity index (χ0n) is 14.7. The van der Waals surface area contributed by atoms with Crippen molar-refractivity contribution in [2.24, 2.45) is 0 Å². The Morgan fingerprint density at radius 2 is 1.92 bits per heavy atom. The van der Waals surface area contributed by atoms with Gasteiger partial charge in [-0.1, -0.05) is 19.1 Å². The Kier molecular flexibility index (Phi) is 3.33. The predicted octanol–water partition coefficient (Wildman–Crippen LogP) is 3.40. The Bertz CT molecular complexity index is 983. The fourth-order valence-electron chi connectivity index (χ4n) is 3.90. The van der Waals surface area contributed by atoms with Crippen LogP contribution >= 0.6 is 0 Å². The second kappa shape index (κ2) is 5.22. The minimum Gasteiger partial charge on any atom is -0.488 e. The number of carbonyl (C=O) groups is 1. The highest BCUT2D eigenvalue weighted by Gasteiger charge is 2.49. The van der Waals surface area contributed by atoms with Crippen LogP contribution in [0.4, 0.5) is 0 Å². The number of rotatable bonds is 2. The summed E-state index contributed by atoms with van der Waals surface area (Å²) in [5.41, 5.74) is 1.68. The fourth-order valence-corrected chi connectivity index (χ4v) is 3.90. The Morgan fingerprint density at radius 3 is 2.60 bits per heavy atom. The van der Waals surface area contributed by atoms with E-state index in [9.17, 15) is 9.59 Å². The van der Waals surface area contributed by atoms with E-state index < -0.39 is 5.41 Å². The van der Waals surface area contributed by atoms with Gasteiger partial charge in [0.1, 0.15) is 23.5 Å². The maximum atomic E-state index is 12.7. The number of hydrogen-bond donors (Lipinski definition) is 0. The molecule has 130 valence electrons. The maximum Gasteiger partial charge on any atom is 0.343 e. The molecule has 1 aromatic heterocycles. The van der Waals surface area contributed by atoms with Crippen LogP contribution in [0.3, 0.4) is 0 Å². The molecule has 4 rings (SSSR count). The minimum atomic E-state index is -0.599. The molecule has 3 heterocycles. The number of fused-ring (bicyclic) bond motifs is 3. The number of aryl methyl sites for hydroxylation is 1. The molecule has 2 aliphatic heterocycles. The lowest BCUT2D eigenvalue weighted by Crippen LogP contribution is -2.38. The normalized spacial score (nSPS) is 27.8. The standard InChI is InChI=1S/C20H20O5/c1-10-6-5-7-14-15(10)17-16(19(22)25-14)20(4,12(3)23-17)9-13-8-11(2)18(21)24-13/h5-8,12-13H,9H2,1-4H3/t12-,13+,20+/m1/s1. The Morgan fingerprint density at radius 1 is 1.16 bits per heavy atom. The second-order valence-corrected chi connectivity index (χ2v) is 7.22. The van der Waals surface area contributed by atoms with E-state index in [1.165, 1.54) is 0 Å². The fraction of sp³-hybridized carbons (Fsp3) is 0.400. The SMILES string of the molecule is CC1=C[C@@H](C[C@]2(C)c3c(c4c(C)cccc4oc3=O)O[C@@H]2C)OC1=O. The number of carbonyl (C=O) groups excluding carboxylic acids is 1. The monoisotopic (exact) mass is 340 g/mol. The van der Waals surface area contributed by atoms with Crippen molar-refractivity contribution in [2.75, 3.05) is 0 Å². The quantitative estimate of drug-likeness (QED) is 0.619. The van der Waals surface area contributed by atoms with Gasteiger partial charge in [0.15, 0.2) is 0 Å². The minimum absolute atomic E-state index is 0.233. The van der Waals surface area contributed by atoms with Crippen LogP contribution in [0.2, 0.25) is 0 Å². The molecule has 0 fully saturated rings. The van der Waals surface area contributed by atoms with Crippen LogP contribution in [0.5, 0.6) is 5.75 Å². The number of esters is 1. The van der Waals surface area contributed by atoms with Crippen LogP contribution < -0.4 is 10.4 Å². The number of cyclic esters (lactones) is 1. The van der Waals surface area contributed by atoms with Crippen LogP contribution in [0.25, 0.3) is 11.0 Å². The number of ether oxygens (including phenoxy) is 2. The molecule has 0 spiro atoms. The van der Waals surface area contributed by atoms with E-state index in [4.69, 9.17) is 13.9 Å². The van der Waals surface area contributed by atoms with E-state index in [1.807, 2.05) is 39.0 Å². The molecule has 2 aliphatic rings. The Labute approximate surface area is 145 Å². The highest BCUT2D eigenvalue weighted by molar-refractivity contribution is 5.90. The van der Waals surface area contributed by atoms with Crippen LogP contribution in [0.1, 0.15) is 38.3 Å². The van der Waals surface area contributed by atoms with Gasteiger partial charge in [0, 0.05) is 17.4 Å². The van der Waals surface area contributed by atoms with Gasteiger partial charge in [-0.3, -0.25) is 0 Å². The predicted molar refractivity (Wildman–Crippen MR) is 92.9 cm³/mol. The topological polar surface area (TPSA) is 65.7 Å². The molecular weight excluding hydrogens is 320 g/mol. The highest BCUT2D eigenvalue weighted by atomic mass is 16.5. The molecular formula is C20H20O5. The van der Waals surface area contributed by atoms with Crippen LogP contribution in [-0.2, 0) is 14.9 Å². The van der Waals surface area contributed by atoms with Crippen molar-refractivity contribution in [3.63, 3.8) is 0 Å². The first-order valence-electron chi connectivity index (χ1n) is 8.44. The molecule has 0 aliphatic carbocycles. The molecule has 0 saturated heterocycles. The first-order valence-corrected chi connectivity index (χ1v) is 8.44. The van der Waals surface area contributed by atoms with Crippen LogP contribution in [0.15, 0.2) is 39.1 Å². The summed E-state index contributed by atoms with van der Waals surface area (Å²) >= 11 is 0. The van der Waals surface area contributed by atoms with Gasteiger partial charge < -0.3 is 13.9 Å². The average Bonchev–Trinajstić information content (AvgIpc) is 2.97. The maximum absolute atomic E-state index is 12.7. The van der Waals surface area contributed by atoms with Gasteiger partial charge in [0.2, 0.25) is 0 Å². The van der Waals surface area contributed by atoms with E-state index in [2.05, 4.69) is 0 Å². The van der Waals surface area contributed by atoms with Crippen LogP contribution in [0, 0.1) is 6.92 Å². The summed E-state index contributed by atoms with van der Waals surface area (Å²) in [4.78, 5) is 24.4. The summed E-state index contributed by atoms with van der Waals surface area (Å²) in [6.07, 6.45) is 1.70. The second-order valence-electron chi connectivity index (χ2n) is 7.22.